The Hall–Kier alpha value is -3.84. The first-order chi connectivity index (χ1) is 16.9. The summed E-state index contributed by atoms with van der Waals surface area (Å²) in [4.78, 5) is 27.9. The Labute approximate surface area is 208 Å². The third-order valence-corrected chi connectivity index (χ3v) is 6.34. The number of halogens is 3. The molecule has 0 aromatic heterocycles. The Balaban J connectivity index is 1.54. The lowest BCUT2D eigenvalue weighted by Gasteiger charge is -2.20. The number of rotatable bonds is 5. The van der Waals surface area contributed by atoms with Crippen molar-refractivity contribution in [3.05, 3.63) is 123 Å². The summed E-state index contributed by atoms with van der Waals surface area (Å²) >= 11 is 3.39. The molecule has 5 rings (SSSR count). The third kappa shape index (κ3) is 4.59. The van der Waals surface area contributed by atoms with Crippen LogP contribution in [0, 0.1) is 11.6 Å². The summed E-state index contributed by atoms with van der Waals surface area (Å²) in [7, 11) is 0. The zero-order valence-corrected chi connectivity index (χ0v) is 19.9. The second-order valence-corrected chi connectivity index (χ2v) is 9.03. The SMILES string of the molecule is O=C(OCc1ccccc1)c1ccc(-c2ccc(F)c(F)c2)cc1N1Cc2ccc(Br)cc2C1=O. The second kappa shape index (κ2) is 9.43. The second-order valence-electron chi connectivity index (χ2n) is 8.12. The number of fused-ring (bicyclic) bond motifs is 1. The van der Waals surface area contributed by atoms with Gasteiger partial charge in [-0.1, -0.05) is 64.5 Å². The molecule has 0 saturated carbocycles. The number of carbonyl (C=O) groups excluding carboxylic acids is 2. The molecule has 1 aliphatic heterocycles. The highest BCUT2D eigenvalue weighted by atomic mass is 79.9. The molecule has 174 valence electrons. The van der Waals surface area contributed by atoms with E-state index in [0.29, 0.717) is 22.4 Å². The van der Waals surface area contributed by atoms with Crippen LogP contribution in [0.4, 0.5) is 14.5 Å². The summed E-state index contributed by atoms with van der Waals surface area (Å²) in [6.45, 7) is 0.340. The van der Waals surface area contributed by atoms with Crippen molar-refractivity contribution in [1.82, 2.24) is 0 Å². The van der Waals surface area contributed by atoms with Gasteiger partial charge in [-0.25, -0.2) is 13.6 Å². The van der Waals surface area contributed by atoms with Gasteiger partial charge in [-0.3, -0.25) is 4.79 Å². The van der Waals surface area contributed by atoms with Gasteiger partial charge in [0.25, 0.3) is 5.91 Å². The Morgan fingerprint density at radius 2 is 1.63 bits per heavy atom. The fourth-order valence-corrected chi connectivity index (χ4v) is 4.41. The van der Waals surface area contributed by atoms with E-state index in [2.05, 4.69) is 15.9 Å². The average molecular weight is 534 g/mol. The van der Waals surface area contributed by atoms with Crippen LogP contribution in [-0.4, -0.2) is 11.9 Å². The molecule has 1 aliphatic rings. The molecular formula is C28H18BrF2NO3. The number of esters is 1. The van der Waals surface area contributed by atoms with Crippen molar-refractivity contribution in [3.63, 3.8) is 0 Å². The van der Waals surface area contributed by atoms with E-state index in [1.165, 1.54) is 11.0 Å². The maximum Gasteiger partial charge on any atom is 0.340 e. The molecule has 4 nitrogen and oxygen atoms in total. The largest absolute Gasteiger partial charge is 0.457 e. The highest BCUT2D eigenvalue weighted by Gasteiger charge is 2.32. The summed E-state index contributed by atoms with van der Waals surface area (Å²) in [5.74, 6) is -2.79. The summed E-state index contributed by atoms with van der Waals surface area (Å²) in [5, 5.41) is 0. The molecule has 7 heteroatoms. The van der Waals surface area contributed by atoms with Crippen molar-refractivity contribution in [2.24, 2.45) is 0 Å². The quantitative estimate of drug-likeness (QED) is 0.262. The lowest BCUT2D eigenvalue weighted by molar-refractivity contribution is 0.0473. The first kappa shape index (κ1) is 22.9. The summed E-state index contributed by atoms with van der Waals surface area (Å²) in [6.07, 6.45) is 0. The van der Waals surface area contributed by atoms with Crippen molar-refractivity contribution < 1.29 is 23.1 Å². The monoisotopic (exact) mass is 533 g/mol. The number of hydrogen-bond donors (Lipinski definition) is 0. The highest BCUT2D eigenvalue weighted by molar-refractivity contribution is 9.10. The van der Waals surface area contributed by atoms with Gasteiger partial charge in [-0.15, -0.1) is 0 Å². The molecule has 4 aromatic rings. The number of anilines is 1. The van der Waals surface area contributed by atoms with Gasteiger partial charge in [0.05, 0.1) is 17.8 Å². The highest BCUT2D eigenvalue weighted by Crippen LogP contribution is 2.35. The fraction of sp³-hybridized carbons (Fsp3) is 0.0714. The van der Waals surface area contributed by atoms with Gasteiger partial charge < -0.3 is 9.64 Å². The van der Waals surface area contributed by atoms with Gasteiger partial charge in [-0.05, 0) is 58.7 Å². The Morgan fingerprint density at radius 1 is 0.886 bits per heavy atom. The molecule has 0 saturated heterocycles. The molecular weight excluding hydrogens is 516 g/mol. The van der Waals surface area contributed by atoms with E-state index in [4.69, 9.17) is 4.74 Å². The minimum Gasteiger partial charge on any atom is -0.457 e. The maximum atomic E-state index is 13.9. The van der Waals surface area contributed by atoms with E-state index < -0.39 is 17.6 Å². The van der Waals surface area contributed by atoms with Crippen LogP contribution in [0.3, 0.4) is 0 Å². The van der Waals surface area contributed by atoms with Crippen LogP contribution in [0.25, 0.3) is 11.1 Å². The van der Waals surface area contributed by atoms with Crippen molar-refractivity contribution in [2.45, 2.75) is 13.2 Å². The number of amides is 1. The molecule has 0 N–H and O–H groups in total. The molecule has 35 heavy (non-hydrogen) atoms. The minimum atomic E-state index is -0.982. The van der Waals surface area contributed by atoms with Crippen molar-refractivity contribution in [2.75, 3.05) is 4.90 Å². The standard InChI is InChI=1S/C28H18BrF2NO3/c29-21-9-6-20-15-32(27(33)23(20)14-21)26-13-19(18-8-11-24(30)25(31)12-18)7-10-22(26)28(34)35-16-17-4-2-1-3-5-17/h1-14H,15-16H2. The third-order valence-electron chi connectivity index (χ3n) is 5.85. The van der Waals surface area contributed by atoms with E-state index in [1.54, 1.807) is 24.3 Å². The van der Waals surface area contributed by atoms with Crippen LogP contribution in [0.1, 0.15) is 31.8 Å². The number of hydrogen-bond acceptors (Lipinski definition) is 3. The van der Waals surface area contributed by atoms with Crippen molar-refractivity contribution in [3.8, 4) is 11.1 Å². The Bertz CT molecular complexity index is 1460. The number of ether oxygens (including phenoxy) is 1. The summed E-state index contributed by atoms with van der Waals surface area (Å²) < 4.78 is 33.7. The van der Waals surface area contributed by atoms with Crippen molar-refractivity contribution >= 4 is 33.5 Å². The molecule has 0 fully saturated rings. The number of nitrogens with zero attached hydrogens (tertiary/aromatic N) is 1. The predicted molar refractivity (Wildman–Crippen MR) is 132 cm³/mol. The zero-order chi connectivity index (χ0) is 24.5. The van der Waals surface area contributed by atoms with Crippen LogP contribution >= 0.6 is 15.9 Å². The molecule has 1 heterocycles. The molecule has 0 unspecified atom stereocenters. The lowest BCUT2D eigenvalue weighted by atomic mass is 10.0. The maximum absolute atomic E-state index is 13.9. The Morgan fingerprint density at radius 3 is 2.40 bits per heavy atom. The van der Waals surface area contributed by atoms with Crippen LogP contribution in [0.5, 0.6) is 0 Å². The molecule has 0 bridgehead atoms. The first-order valence-corrected chi connectivity index (χ1v) is 11.6. The summed E-state index contributed by atoms with van der Waals surface area (Å²) in [5.41, 5.74) is 3.66. The summed E-state index contributed by atoms with van der Waals surface area (Å²) in [6, 6.07) is 23.1. The van der Waals surface area contributed by atoms with E-state index in [1.807, 2.05) is 42.5 Å². The number of benzene rings is 4. The van der Waals surface area contributed by atoms with E-state index >= 15 is 0 Å². The lowest BCUT2D eigenvalue weighted by Crippen LogP contribution is -2.25. The van der Waals surface area contributed by atoms with Gasteiger partial charge in [0, 0.05) is 10.0 Å². The normalized spacial score (nSPS) is 12.5. The predicted octanol–water partition coefficient (Wildman–Crippen LogP) is 6.91. The van der Waals surface area contributed by atoms with E-state index in [0.717, 1.165) is 27.7 Å². The van der Waals surface area contributed by atoms with Crippen LogP contribution < -0.4 is 4.90 Å². The molecule has 0 aliphatic carbocycles. The van der Waals surface area contributed by atoms with Gasteiger partial charge in [0.15, 0.2) is 11.6 Å². The van der Waals surface area contributed by atoms with Gasteiger partial charge in [0.1, 0.15) is 6.61 Å². The minimum absolute atomic E-state index is 0.0746. The molecule has 1 amide bonds. The average Bonchev–Trinajstić information content (AvgIpc) is 3.20. The molecule has 0 atom stereocenters. The molecule has 4 aromatic carbocycles. The van der Waals surface area contributed by atoms with Gasteiger partial charge in [-0.2, -0.15) is 0 Å². The van der Waals surface area contributed by atoms with Crippen molar-refractivity contribution in [1.29, 1.82) is 0 Å². The Kier molecular flexibility index (Phi) is 6.17. The van der Waals surface area contributed by atoms with Gasteiger partial charge >= 0.3 is 5.97 Å². The molecule has 0 spiro atoms. The van der Waals surface area contributed by atoms with E-state index in [-0.39, 0.29) is 24.6 Å². The van der Waals surface area contributed by atoms with Crippen LogP contribution in [0.15, 0.2) is 89.4 Å². The topological polar surface area (TPSA) is 46.6 Å². The first-order valence-electron chi connectivity index (χ1n) is 10.8. The fourth-order valence-electron chi connectivity index (χ4n) is 4.05. The smallest absolute Gasteiger partial charge is 0.340 e. The molecule has 0 radical (unpaired) electrons. The van der Waals surface area contributed by atoms with Crippen LogP contribution in [-0.2, 0) is 17.9 Å². The van der Waals surface area contributed by atoms with Crippen LogP contribution in [0.2, 0.25) is 0 Å². The van der Waals surface area contributed by atoms with Gasteiger partial charge in [0.2, 0.25) is 0 Å². The number of carbonyl (C=O) groups is 2. The zero-order valence-electron chi connectivity index (χ0n) is 18.3. The van der Waals surface area contributed by atoms with E-state index in [9.17, 15) is 18.4 Å².